The quantitative estimate of drug-likeness (QED) is 0.733. The summed E-state index contributed by atoms with van der Waals surface area (Å²) in [5.41, 5.74) is 3.75. The smallest absolute Gasteiger partial charge is 0.108 e. The molecule has 0 saturated heterocycles. The number of hydrogen-bond donors (Lipinski definition) is 0. The molecule has 2 aromatic carbocycles. The molecule has 0 aliphatic heterocycles. The summed E-state index contributed by atoms with van der Waals surface area (Å²) < 4.78 is 7.17. The first-order valence-corrected chi connectivity index (χ1v) is 7.50. The van der Waals surface area contributed by atoms with Crippen molar-refractivity contribution in [2.75, 3.05) is 34.3 Å². The van der Waals surface area contributed by atoms with Crippen molar-refractivity contribution in [2.24, 2.45) is 0 Å². The molecule has 21 heavy (non-hydrogen) atoms. The summed E-state index contributed by atoms with van der Waals surface area (Å²) in [6.45, 7) is 3.89. The third-order valence-corrected chi connectivity index (χ3v) is 3.62. The second kappa shape index (κ2) is 6.88. The van der Waals surface area contributed by atoms with Crippen LogP contribution in [0.4, 0.5) is 0 Å². The van der Waals surface area contributed by atoms with Crippen molar-refractivity contribution < 1.29 is 9.22 Å². The Kier molecular flexibility index (Phi) is 5.16. The largest absolute Gasteiger partial charge is 0.363 e. The fourth-order valence-electron chi connectivity index (χ4n) is 2.32. The van der Waals surface area contributed by atoms with E-state index in [2.05, 4.69) is 76.6 Å². The summed E-state index contributed by atoms with van der Waals surface area (Å²) in [5.74, 6) is 0. The predicted octanol–water partition coefficient (Wildman–Crippen LogP) is 3.81. The lowest BCUT2D eigenvalue weighted by atomic mass is 9.97. The number of ether oxygens (including phenoxy) is 1. The van der Waals surface area contributed by atoms with Crippen molar-refractivity contribution >= 4 is 0 Å². The molecule has 0 aromatic heterocycles. The van der Waals surface area contributed by atoms with Gasteiger partial charge in [0.25, 0.3) is 0 Å². The molecule has 1 unspecified atom stereocenters. The van der Waals surface area contributed by atoms with E-state index in [-0.39, 0.29) is 6.10 Å². The maximum Gasteiger partial charge on any atom is 0.108 e. The molecule has 0 saturated carbocycles. The van der Waals surface area contributed by atoms with Gasteiger partial charge < -0.3 is 9.22 Å². The zero-order valence-electron chi connectivity index (χ0n) is 13.5. The van der Waals surface area contributed by atoms with Crippen LogP contribution in [0.25, 0.3) is 0 Å². The lowest BCUT2D eigenvalue weighted by Gasteiger charge is -2.26. The molecule has 0 N–H and O–H groups in total. The topological polar surface area (TPSA) is 9.23 Å². The molecule has 2 rings (SSSR count). The van der Waals surface area contributed by atoms with Gasteiger partial charge in [0, 0.05) is 0 Å². The third kappa shape index (κ3) is 4.69. The summed E-state index contributed by atoms with van der Waals surface area (Å²) in [6.07, 6.45) is 0.0129. The van der Waals surface area contributed by atoms with Crippen molar-refractivity contribution in [1.29, 1.82) is 0 Å². The van der Waals surface area contributed by atoms with Crippen LogP contribution in [0.2, 0.25) is 0 Å². The molecule has 0 aliphatic carbocycles. The zero-order valence-corrected chi connectivity index (χ0v) is 13.5. The number of aryl methyl sites for hydroxylation is 1. The summed E-state index contributed by atoms with van der Waals surface area (Å²) in [4.78, 5) is 0. The van der Waals surface area contributed by atoms with E-state index in [0.29, 0.717) is 0 Å². The molecule has 1 atom stereocenters. The van der Waals surface area contributed by atoms with E-state index in [9.17, 15) is 0 Å². The van der Waals surface area contributed by atoms with Crippen LogP contribution < -0.4 is 0 Å². The third-order valence-electron chi connectivity index (χ3n) is 3.62. The molecule has 2 nitrogen and oxygen atoms in total. The van der Waals surface area contributed by atoms with Crippen molar-refractivity contribution in [3.05, 3.63) is 71.3 Å². The molecule has 0 amide bonds. The van der Waals surface area contributed by atoms with Crippen LogP contribution in [0, 0.1) is 6.92 Å². The molecule has 0 heterocycles. The van der Waals surface area contributed by atoms with Crippen molar-refractivity contribution in [3.8, 4) is 0 Å². The molecular formula is C19H26NO+. The van der Waals surface area contributed by atoms with Gasteiger partial charge in [0.1, 0.15) is 12.6 Å². The normalized spacial score (nSPS) is 13.1. The van der Waals surface area contributed by atoms with Crippen LogP contribution in [0.5, 0.6) is 0 Å². The van der Waals surface area contributed by atoms with Crippen molar-refractivity contribution in [3.63, 3.8) is 0 Å². The minimum Gasteiger partial charge on any atom is -0.363 e. The fourth-order valence-corrected chi connectivity index (χ4v) is 2.32. The zero-order chi connectivity index (χ0) is 15.3. The Labute approximate surface area is 128 Å². The van der Waals surface area contributed by atoms with Gasteiger partial charge in [-0.2, -0.15) is 0 Å². The second-order valence-corrected chi connectivity index (χ2v) is 6.53. The van der Waals surface area contributed by atoms with Gasteiger partial charge >= 0.3 is 0 Å². The standard InChI is InChI=1S/C19H26NO/c1-16-10-8-9-13-18(16)19(17-11-6-5-7-12-17)21-15-14-20(2,3)4/h5-13,19H,14-15H2,1-4H3/q+1. The van der Waals surface area contributed by atoms with E-state index in [4.69, 9.17) is 4.74 Å². The van der Waals surface area contributed by atoms with Gasteiger partial charge in [0.05, 0.1) is 27.7 Å². The number of benzene rings is 2. The molecule has 0 aliphatic rings. The monoisotopic (exact) mass is 284 g/mol. The fraction of sp³-hybridized carbons (Fsp3) is 0.368. The highest BCUT2D eigenvalue weighted by atomic mass is 16.5. The van der Waals surface area contributed by atoms with Gasteiger partial charge in [-0.15, -0.1) is 0 Å². The highest BCUT2D eigenvalue weighted by Crippen LogP contribution is 2.28. The number of rotatable bonds is 6. The Balaban J connectivity index is 2.22. The molecule has 0 fully saturated rings. The first-order chi connectivity index (χ1) is 9.97. The maximum absolute atomic E-state index is 6.26. The van der Waals surface area contributed by atoms with Gasteiger partial charge in [-0.05, 0) is 23.6 Å². The Morgan fingerprint density at radius 1 is 0.905 bits per heavy atom. The van der Waals surface area contributed by atoms with Gasteiger partial charge in [-0.3, -0.25) is 0 Å². The van der Waals surface area contributed by atoms with Crippen LogP contribution >= 0.6 is 0 Å². The van der Waals surface area contributed by atoms with E-state index in [1.54, 1.807) is 0 Å². The number of nitrogens with zero attached hydrogens (tertiary/aromatic N) is 1. The van der Waals surface area contributed by atoms with Gasteiger partial charge in [0.2, 0.25) is 0 Å². The van der Waals surface area contributed by atoms with E-state index >= 15 is 0 Å². The van der Waals surface area contributed by atoms with Gasteiger partial charge in [-0.25, -0.2) is 0 Å². The molecular weight excluding hydrogens is 258 g/mol. The predicted molar refractivity (Wildman–Crippen MR) is 88.3 cm³/mol. The summed E-state index contributed by atoms with van der Waals surface area (Å²) in [7, 11) is 6.57. The van der Waals surface area contributed by atoms with E-state index in [1.165, 1.54) is 16.7 Å². The molecule has 2 aromatic rings. The van der Waals surface area contributed by atoms with Gasteiger partial charge in [-0.1, -0.05) is 54.6 Å². The Morgan fingerprint density at radius 3 is 2.14 bits per heavy atom. The van der Waals surface area contributed by atoms with E-state index in [0.717, 1.165) is 17.6 Å². The maximum atomic E-state index is 6.26. The second-order valence-electron chi connectivity index (χ2n) is 6.53. The average molecular weight is 284 g/mol. The Hall–Kier alpha value is -1.64. The summed E-state index contributed by atoms with van der Waals surface area (Å²) >= 11 is 0. The number of likely N-dealkylation sites (N-methyl/N-ethyl adjacent to an activating group) is 1. The first kappa shape index (κ1) is 15.7. The average Bonchev–Trinajstić information content (AvgIpc) is 2.45. The lowest BCUT2D eigenvalue weighted by molar-refractivity contribution is -0.870. The molecule has 0 spiro atoms. The molecule has 0 radical (unpaired) electrons. The highest BCUT2D eigenvalue weighted by Gasteiger charge is 2.17. The highest BCUT2D eigenvalue weighted by molar-refractivity contribution is 5.35. The van der Waals surface area contributed by atoms with Crippen LogP contribution in [0.15, 0.2) is 54.6 Å². The minimum atomic E-state index is 0.0129. The van der Waals surface area contributed by atoms with Crippen molar-refractivity contribution in [2.45, 2.75) is 13.0 Å². The van der Waals surface area contributed by atoms with Gasteiger partial charge in [0.15, 0.2) is 0 Å². The van der Waals surface area contributed by atoms with Crippen LogP contribution in [0.3, 0.4) is 0 Å². The SMILES string of the molecule is Cc1ccccc1C(OCC[N+](C)(C)C)c1ccccc1. The molecule has 2 heteroatoms. The van der Waals surface area contributed by atoms with Crippen LogP contribution in [-0.2, 0) is 4.74 Å². The van der Waals surface area contributed by atoms with Crippen LogP contribution in [-0.4, -0.2) is 38.8 Å². The number of hydrogen-bond acceptors (Lipinski definition) is 1. The molecule has 0 bridgehead atoms. The lowest BCUT2D eigenvalue weighted by Crippen LogP contribution is -2.37. The Morgan fingerprint density at radius 2 is 1.52 bits per heavy atom. The van der Waals surface area contributed by atoms with Crippen molar-refractivity contribution in [1.82, 2.24) is 0 Å². The van der Waals surface area contributed by atoms with E-state index < -0.39 is 0 Å². The summed E-state index contributed by atoms with van der Waals surface area (Å²) in [5, 5.41) is 0. The van der Waals surface area contributed by atoms with E-state index in [1.807, 2.05) is 6.07 Å². The summed E-state index contributed by atoms with van der Waals surface area (Å²) in [6, 6.07) is 19.0. The Bertz CT molecular complexity index is 557. The molecule has 112 valence electrons. The number of quaternary nitrogens is 1. The minimum absolute atomic E-state index is 0.0129. The first-order valence-electron chi connectivity index (χ1n) is 7.50. The van der Waals surface area contributed by atoms with Crippen LogP contribution in [0.1, 0.15) is 22.8 Å².